The number of ether oxygens (including phenoxy) is 1. The first-order valence-corrected chi connectivity index (χ1v) is 9.29. The van der Waals surface area contributed by atoms with Crippen LogP contribution in [0.2, 0.25) is 0 Å². The zero-order chi connectivity index (χ0) is 17.8. The number of hydrogen-bond donors (Lipinski definition) is 2. The molecule has 0 unspecified atom stereocenters. The van der Waals surface area contributed by atoms with Gasteiger partial charge in [-0.25, -0.2) is 12.6 Å². The summed E-state index contributed by atoms with van der Waals surface area (Å²) in [6.07, 6.45) is 0. The standard InChI is InChI=1S/C12H17NO8S2/c1-8-6-10(13-9(2)14)11(20-3)7-12(8)22(15,16)5-4-21-23(17,18)19/h6-7H,4-5H2,1-3H3,(H,13,14)(H,17,18,19). The van der Waals surface area contributed by atoms with E-state index in [2.05, 4.69) is 9.50 Å². The lowest BCUT2D eigenvalue weighted by Gasteiger charge is -2.14. The van der Waals surface area contributed by atoms with Gasteiger partial charge in [-0.3, -0.25) is 9.35 Å². The lowest BCUT2D eigenvalue weighted by Crippen LogP contribution is -2.17. The van der Waals surface area contributed by atoms with Gasteiger partial charge >= 0.3 is 10.4 Å². The molecule has 1 aromatic rings. The molecule has 1 aromatic carbocycles. The van der Waals surface area contributed by atoms with Crippen LogP contribution in [0.25, 0.3) is 0 Å². The van der Waals surface area contributed by atoms with Crippen LogP contribution < -0.4 is 10.1 Å². The third kappa shape index (κ3) is 5.78. The molecule has 0 fully saturated rings. The Morgan fingerprint density at radius 1 is 1.26 bits per heavy atom. The number of anilines is 1. The lowest BCUT2D eigenvalue weighted by molar-refractivity contribution is -0.114. The van der Waals surface area contributed by atoms with Crippen molar-refractivity contribution in [2.75, 3.05) is 24.8 Å². The van der Waals surface area contributed by atoms with Gasteiger partial charge in [0.1, 0.15) is 5.75 Å². The number of carbonyl (C=O) groups excluding carboxylic acids is 1. The van der Waals surface area contributed by atoms with Gasteiger partial charge in [0.2, 0.25) is 5.91 Å². The number of methoxy groups -OCH3 is 1. The molecule has 1 rings (SSSR count). The van der Waals surface area contributed by atoms with Crippen LogP contribution in [-0.4, -0.2) is 46.8 Å². The number of amides is 1. The SMILES string of the molecule is COc1cc(S(=O)(=O)CCOS(=O)(=O)O)c(C)cc1NC(C)=O. The molecule has 0 aliphatic carbocycles. The van der Waals surface area contributed by atoms with Crippen LogP contribution in [0.15, 0.2) is 17.0 Å². The molecule has 9 nitrogen and oxygen atoms in total. The van der Waals surface area contributed by atoms with Crippen molar-refractivity contribution in [3.05, 3.63) is 17.7 Å². The summed E-state index contributed by atoms with van der Waals surface area (Å²) in [5, 5.41) is 2.51. The van der Waals surface area contributed by atoms with Gasteiger partial charge in [-0.1, -0.05) is 0 Å². The summed E-state index contributed by atoms with van der Waals surface area (Å²) >= 11 is 0. The van der Waals surface area contributed by atoms with Crippen LogP contribution >= 0.6 is 0 Å². The monoisotopic (exact) mass is 367 g/mol. The van der Waals surface area contributed by atoms with E-state index in [0.29, 0.717) is 11.3 Å². The lowest BCUT2D eigenvalue weighted by atomic mass is 10.2. The third-order valence-corrected chi connectivity index (χ3v) is 5.01. The Hall–Kier alpha value is -1.69. The van der Waals surface area contributed by atoms with Crippen molar-refractivity contribution >= 4 is 31.8 Å². The fraction of sp³-hybridized carbons (Fsp3) is 0.417. The summed E-state index contributed by atoms with van der Waals surface area (Å²) < 4.78 is 62.9. The minimum absolute atomic E-state index is 0.0950. The Bertz CT molecular complexity index is 799. The Labute approximate surface area is 134 Å². The number of rotatable bonds is 7. The molecule has 2 N–H and O–H groups in total. The molecule has 0 aromatic heterocycles. The van der Waals surface area contributed by atoms with Gasteiger partial charge in [-0.15, -0.1) is 0 Å². The first-order chi connectivity index (χ1) is 10.5. The predicted octanol–water partition coefficient (Wildman–Crippen LogP) is 0.555. The van der Waals surface area contributed by atoms with Crippen molar-refractivity contribution in [1.29, 1.82) is 0 Å². The predicted molar refractivity (Wildman–Crippen MR) is 81.6 cm³/mol. The molecule has 0 atom stereocenters. The number of aryl methyl sites for hydroxylation is 1. The summed E-state index contributed by atoms with van der Waals surface area (Å²) in [4.78, 5) is 11.0. The Morgan fingerprint density at radius 2 is 1.87 bits per heavy atom. The van der Waals surface area contributed by atoms with Gasteiger partial charge in [0.15, 0.2) is 9.84 Å². The van der Waals surface area contributed by atoms with Crippen LogP contribution in [0.1, 0.15) is 12.5 Å². The molecule has 0 aliphatic heterocycles. The van der Waals surface area contributed by atoms with Gasteiger partial charge < -0.3 is 10.1 Å². The maximum Gasteiger partial charge on any atom is 0.397 e. The summed E-state index contributed by atoms with van der Waals surface area (Å²) in [6.45, 7) is 2.09. The van der Waals surface area contributed by atoms with E-state index in [4.69, 9.17) is 9.29 Å². The molecule has 0 saturated carbocycles. The van der Waals surface area contributed by atoms with Gasteiger partial charge in [0.05, 0.1) is 30.1 Å². The Balaban J connectivity index is 3.13. The molecular formula is C12H17NO8S2. The number of carbonyl (C=O) groups is 1. The molecular weight excluding hydrogens is 350 g/mol. The van der Waals surface area contributed by atoms with Gasteiger partial charge in [-0.2, -0.15) is 8.42 Å². The smallest absolute Gasteiger partial charge is 0.397 e. The van der Waals surface area contributed by atoms with Crippen LogP contribution in [0.3, 0.4) is 0 Å². The van der Waals surface area contributed by atoms with Crippen molar-refractivity contribution in [3.63, 3.8) is 0 Å². The van der Waals surface area contributed by atoms with E-state index >= 15 is 0 Å². The van der Waals surface area contributed by atoms with E-state index < -0.39 is 32.6 Å². The summed E-state index contributed by atoms with van der Waals surface area (Å²) in [5.74, 6) is -0.865. The van der Waals surface area contributed by atoms with E-state index in [0.717, 1.165) is 0 Å². The van der Waals surface area contributed by atoms with E-state index in [-0.39, 0.29) is 16.6 Å². The number of nitrogens with one attached hydrogen (secondary N) is 1. The quantitative estimate of drug-likeness (QED) is 0.667. The van der Waals surface area contributed by atoms with Gasteiger partial charge in [-0.05, 0) is 18.6 Å². The second-order valence-electron chi connectivity index (χ2n) is 4.57. The second-order valence-corrected chi connectivity index (χ2v) is 7.74. The molecule has 0 heterocycles. The van der Waals surface area contributed by atoms with Crippen molar-refractivity contribution in [2.45, 2.75) is 18.7 Å². The van der Waals surface area contributed by atoms with E-state index in [1.165, 1.54) is 33.1 Å². The summed E-state index contributed by atoms with van der Waals surface area (Å²) in [5.41, 5.74) is 0.645. The summed E-state index contributed by atoms with van der Waals surface area (Å²) in [6, 6.07) is 2.65. The molecule has 1 amide bonds. The first kappa shape index (κ1) is 19.4. The van der Waals surface area contributed by atoms with Gasteiger partial charge in [0.25, 0.3) is 0 Å². The third-order valence-electron chi connectivity index (χ3n) is 2.73. The fourth-order valence-corrected chi connectivity index (χ4v) is 3.58. The molecule has 23 heavy (non-hydrogen) atoms. The van der Waals surface area contributed by atoms with E-state index in [1.807, 2.05) is 0 Å². The second kappa shape index (κ2) is 7.25. The maximum atomic E-state index is 12.2. The minimum Gasteiger partial charge on any atom is -0.495 e. The first-order valence-electron chi connectivity index (χ1n) is 6.27. The van der Waals surface area contributed by atoms with Crippen LogP contribution in [0.4, 0.5) is 5.69 Å². The highest BCUT2D eigenvalue weighted by molar-refractivity contribution is 7.91. The van der Waals surface area contributed by atoms with Crippen molar-refractivity contribution in [1.82, 2.24) is 0 Å². The van der Waals surface area contributed by atoms with Crippen molar-refractivity contribution < 1.29 is 35.1 Å². The highest BCUT2D eigenvalue weighted by atomic mass is 32.3. The highest BCUT2D eigenvalue weighted by Gasteiger charge is 2.21. The largest absolute Gasteiger partial charge is 0.495 e. The summed E-state index contributed by atoms with van der Waals surface area (Å²) in [7, 11) is -7.28. The van der Waals surface area contributed by atoms with Crippen LogP contribution in [-0.2, 0) is 29.2 Å². The topological polar surface area (TPSA) is 136 Å². The number of benzene rings is 1. The minimum atomic E-state index is -4.71. The normalized spacial score (nSPS) is 12.0. The number of sulfone groups is 1. The zero-order valence-corrected chi connectivity index (χ0v) is 14.3. The maximum absolute atomic E-state index is 12.2. The van der Waals surface area contributed by atoms with Gasteiger partial charge in [0, 0.05) is 13.0 Å². The average molecular weight is 367 g/mol. The molecule has 0 saturated heterocycles. The number of hydrogen-bond acceptors (Lipinski definition) is 7. The van der Waals surface area contributed by atoms with Crippen LogP contribution in [0.5, 0.6) is 5.75 Å². The highest BCUT2D eigenvalue weighted by Crippen LogP contribution is 2.31. The zero-order valence-electron chi connectivity index (χ0n) is 12.7. The Morgan fingerprint density at radius 3 is 2.35 bits per heavy atom. The fourth-order valence-electron chi connectivity index (χ4n) is 1.82. The van der Waals surface area contributed by atoms with Crippen molar-refractivity contribution in [2.24, 2.45) is 0 Å². The molecule has 0 aliphatic rings. The van der Waals surface area contributed by atoms with E-state index in [9.17, 15) is 21.6 Å². The Kier molecular flexibility index (Phi) is 6.11. The molecule has 11 heteroatoms. The molecule has 130 valence electrons. The molecule has 0 radical (unpaired) electrons. The van der Waals surface area contributed by atoms with Crippen LogP contribution in [0, 0.1) is 6.92 Å². The van der Waals surface area contributed by atoms with Crippen molar-refractivity contribution in [3.8, 4) is 5.75 Å². The van der Waals surface area contributed by atoms with E-state index in [1.54, 1.807) is 0 Å². The molecule has 0 bridgehead atoms. The molecule has 0 spiro atoms. The average Bonchev–Trinajstić information content (AvgIpc) is 2.35.